The molecule has 3 rings (SSSR count). The summed E-state index contributed by atoms with van der Waals surface area (Å²) in [4.78, 5) is 15.3. The molecule has 0 fully saturated rings. The van der Waals surface area contributed by atoms with Gasteiger partial charge in [-0.05, 0) is 48.6 Å². The molecule has 1 N–H and O–H groups in total. The van der Waals surface area contributed by atoms with E-state index in [9.17, 15) is 0 Å². The topological polar surface area (TPSA) is 44.8 Å². The monoisotopic (exact) mass is 322 g/mol. The fourth-order valence-corrected chi connectivity index (χ4v) is 3.03. The first-order valence-electron chi connectivity index (χ1n) is 8.58. The number of aryl methyl sites for hydroxylation is 2. The molecule has 3 aromatic rings. The highest BCUT2D eigenvalue weighted by molar-refractivity contribution is 5.86. The SMILES string of the molecule is CCc1cc2[nH]cc(C)c2nc1-c1ccc(C(C)C)nc1N(C)C. The molecule has 0 aliphatic rings. The molecule has 0 aromatic carbocycles. The molecule has 0 spiro atoms. The Hall–Kier alpha value is -2.36. The van der Waals surface area contributed by atoms with Crippen molar-refractivity contribution < 1.29 is 0 Å². The quantitative estimate of drug-likeness (QED) is 0.758. The van der Waals surface area contributed by atoms with E-state index in [-0.39, 0.29) is 0 Å². The number of rotatable bonds is 4. The molecular weight excluding hydrogens is 296 g/mol. The van der Waals surface area contributed by atoms with E-state index in [2.05, 4.69) is 55.8 Å². The standard InChI is InChI=1S/C20H26N4/c1-7-14-10-17-18(13(4)11-21-17)23-19(14)15-8-9-16(12(2)3)22-20(15)24(5)6/h8-12,21H,7H2,1-6H3. The molecular formula is C20H26N4. The minimum Gasteiger partial charge on any atom is -0.362 e. The first-order chi connectivity index (χ1) is 11.4. The number of nitrogens with zero attached hydrogens (tertiary/aromatic N) is 3. The Morgan fingerprint density at radius 3 is 2.54 bits per heavy atom. The Labute approximate surface area is 143 Å². The third-order valence-corrected chi connectivity index (χ3v) is 4.47. The van der Waals surface area contributed by atoms with E-state index in [0.717, 1.165) is 40.2 Å². The number of H-pyrrole nitrogens is 1. The molecule has 0 unspecified atom stereocenters. The van der Waals surface area contributed by atoms with Crippen LogP contribution in [0.4, 0.5) is 5.82 Å². The number of fused-ring (bicyclic) bond motifs is 1. The Morgan fingerprint density at radius 1 is 1.17 bits per heavy atom. The maximum absolute atomic E-state index is 5.00. The van der Waals surface area contributed by atoms with Crippen molar-refractivity contribution in [2.24, 2.45) is 0 Å². The van der Waals surface area contributed by atoms with Gasteiger partial charge in [0.25, 0.3) is 0 Å². The van der Waals surface area contributed by atoms with Crippen LogP contribution < -0.4 is 4.90 Å². The number of nitrogens with one attached hydrogen (secondary N) is 1. The van der Waals surface area contributed by atoms with Crippen molar-refractivity contribution in [1.82, 2.24) is 15.0 Å². The molecule has 0 atom stereocenters. The van der Waals surface area contributed by atoms with Gasteiger partial charge in [-0.3, -0.25) is 0 Å². The van der Waals surface area contributed by atoms with Crippen LogP contribution in [0.25, 0.3) is 22.3 Å². The van der Waals surface area contributed by atoms with E-state index in [4.69, 9.17) is 9.97 Å². The third-order valence-electron chi connectivity index (χ3n) is 4.47. The molecule has 4 nitrogen and oxygen atoms in total. The summed E-state index contributed by atoms with van der Waals surface area (Å²) in [7, 11) is 4.09. The van der Waals surface area contributed by atoms with Crippen LogP contribution in [0.5, 0.6) is 0 Å². The van der Waals surface area contributed by atoms with Gasteiger partial charge in [0, 0.05) is 31.5 Å². The highest BCUT2D eigenvalue weighted by Crippen LogP contribution is 2.33. The molecule has 0 saturated heterocycles. The molecule has 0 radical (unpaired) electrons. The third kappa shape index (κ3) is 2.77. The van der Waals surface area contributed by atoms with Crippen molar-refractivity contribution in [2.45, 2.75) is 40.0 Å². The highest BCUT2D eigenvalue weighted by Gasteiger charge is 2.17. The summed E-state index contributed by atoms with van der Waals surface area (Å²) in [5.74, 6) is 1.39. The normalized spacial score (nSPS) is 11.5. The van der Waals surface area contributed by atoms with E-state index >= 15 is 0 Å². The van der Waals surface area contributed by atoms with E-state index in [0.29, 0.717) is 5.92 Å². The maximum atomic E-state index is 5.00. The van der Waals surface area contributed by atoms with Crippen LogP contribution in [0.1, 0.15) is 43.5 Å². The second kappa shape index (κ2) is 6.27. The lowest BCUT2D eigenvalue weighted by Crippen LogP contribution is -2.14. The Bertz CT molecular complexity index is 875. The van der Waals surface area contributed by atoms with Crippen molar-refractivity contribution in [2.75, 3.05) is 19.0 Å². The Morgan fingerprint density at radius 2 is 1.92 bits per heavy atom. The first-order valence-corrected chi connectivity index (χ1v) is 8.58. The van der Waals surface area contributed by atoms with Crippen LogP contribution in [0.15, 0.2) is 24.4 Å². The zero-order valence-electron chi connectivity index (χ0n) is 15.4. The van der Waals surface area contributed by atoms with Gasteiger partial charge in [0.1, 0.15) is 5.82 Å². The van der Waals surface area contributed by atoms with Gasteiger partial charge in [-0.25, -0.2) is 9.97 Å². The minimum atomic E-state index is 0.408. The van der Waals surface area contributed by atoms with Gasteiger partial charge < -0.3 is 9.88 Å². The predicted octanol–water partition coefficient (Wildman–Crippen LogP) is 4.69. The average molecular weight is 322 g/mol. The fourth-order valence-electron chi connectivity index (χ4n) is 3.03. The van der Waals surface area contributed by atoms with Crippen LogP contribution >= 0.6 is 0 Å². The summed E-state index contributed by atoms with van der Waals surface area (Å²) in [6, 6.07) is 6.52. The smallest absolute Gasteiger partial charge is 0.137 e. The number of hydrogen-bond acceptors (Lipinski definition) is 3. The zero-order valence-corrected chi connectivity index (χ0v) is 15.4. The van der Waals surface area contributed by atoms with Crippen molar-refractivity contribution in [3.63, 3.8) is 0 Å². The molecule has 4 heteroatoms. The first kappa shape index (κ1) is 16.5. The fraction of sp³-hybridized carbons (Fsp3) is 0.400. The molecule has 0 aliphatic heterocycles. The van der Waals surface area contributed by atoms with Gasteiger partial charge in [0.05, 0.1) is 16.7 Å². The molecule has 126 valence electrons. The van der Waals surface area contributed by atoms with Crippen molar-refractivity contribution in [3.05, 3.63) is 41.2 Å². The number of pyridine rings is 2. The zero-order chi connectivity index (χ0) is 17.4. The second-order valence-electron chi connectivity index (χ2n) is 6.87. The molecule has 0 amide bonds. The van der Waals surface area contributed by atoms with Crippen LogP contribution in [-0.2, 0) is 6.42 Å². The van der Waals surface area contributed by atoms with Crippen LogP contribution in [-0.4, -0.2) is 29.0 Å². The largest absolute Gasteiger partial charge is 0.362 e. The van der Waals surface area contributed by atoms with Gasteiger partial charge in [-0.1, -0.05) is 20.8 Å². The lowest BCUT2D eigenvalue weighted by molar-refractivity contribution is 0.818. The number of anilines is 1. The summed E-state index contributed by atoms with van der Waals surface area (Å²) in [6.45, 7) is 8.61. The summed E-state index contributed by atoms with van der Waals surface area (Å²) in [5, 5.41) is 0. The van der Waals surface area contributed by atoms with E-state index in [1.807, 2.05) is 20.3 Å². The number of aromatic nitrogens is 3. The number of aromatic amines is 1. The summed E-state index contributed by atoms with van der Waals surface area (Å²) in [5.41, 5.74) is 7.81. The Kier molecular flexibility index (Phi) is 4.31. The molecule has 3 aromatic heterocycles. The summed E-state index contributed by atoms with van der Waals surface area (Å²) < 4.78 is 0. The van der Waals surface area contributed by atoms with E-state index in [1.165, 1.54) is 11.1 Å². The van der Waals surface area contributed by atoms with E-state index in [1.54, 1.807) is 0 Å². The summed E-state index contributed by atoms with van der Waals surface area (Å²) in [6.07, 6.45) is 2.96. The van der Waals surface area contributed by atoms with Crippen molar-refractivity contribution >= 4 is 16.9 Å². The van der Waals surface area contributed by atoms with Gasteiger partial charge in [-0.15, -0.1) is 0 Å². The lowest BCUT2D eigenvalue weighted by atomic mass is 10.0. The molecule has 0 saturated carbocycles. The minimum absolute atomic E-state index is 0.408. The predicted molar refractivity (Wildman–Crippen MR) is 102 cm³/mol. The Balaban J connectivity index is 2.27. The molecule has 0 aliphatic carbocycles. The van der Waals surface area contributed by atoms with Crippen LogP contribution in [0.3, 0.4) is 0 Å². The van der Waals surface area contributed by atoms with Gasteiger partial charge in [0.2, 0.25) is 0 Å². The van der Waals surface area contributed by atoms with E-state index < -0.39 is 0 Å². The lowest BCUT2D eigenvalue weighted by Gasteiger charge is -2.19. The van der Waals surface area contributed by atoms with Crippen molar-refractivity contribution in [1.29, 1.82) is 0 Å². The van der Waals surface area contributed by atoms with Crippen LogP contribution in [0.2, 0.25) is 0 Å². The average Bonchev–Trinajstić information content (AvgIpc) is 2.93. The molecule has 24 heavy (non-hydrogen) atoms. The number of hydrogen-bond donors (Lipinski definition) is 1. The van der Waals surface area contributed by atoms with Crippen LogP contribution in [0, 0.1) is 6.92 Å². The van der Waals surface area contributed by atoms with Gasteiger partial charge in [0.15, 0.2) is 0 Å². The molecule has 0 bridgehead atoms. The second-order valence-corrected chi connectivity index (χ2v) is 6.87. The van der Waals surface area contributed by atoms with Gasteiger partial charge >= 0.3 is 0 Å². The maximum Gasteiger partial charge on any atom is 0.137 e. The highest BCUT2D eigenvalue weighted by atomic mass is 15.1. The van der Waals surface area contributed by atoms with Gasteiger partial charge in [-0.2, -0.15) is 0 Å². The summed E-state index contributed by atoms with van der Waals surface area (Å²) >= 11 is 0. The molecule has 3 heterocycles. The van der Waals surface area contributed by atoms with Crippen molar-refractivity contribution in [3.8, 4) is 11.3 Å².